The van der Waals surface area contributed by atoms with E-state index >= 15 is 0 Å². The highest BCUT2D eigenvalue weighted by Crippen LogP contribution is 2.40. The summed E-state index contributed by atoms with van der Waals surface area (Å²) in [5, 5.41) is 9.90. The highest BCUT2D eigenvalue weighted by molar-refractivity contribution is 8.02. The van der Waals surface area contributed by atoms with Gasteiger partial charge in [0, 0.05) is 9.92 Å². The summed E-state index contributed by atoms with van der Waals surface area (Å²) in [5.74, 6) is -0.893. The van der Waals surface area contributed by atoms with Crippen molar-refractivity contribution in [2.45, 2.75) is 16.6 Å². The fourth-order valence-electron chi connectivity index (χ4n) is 2.58. The van der Waals surface area contributed by atoms with Gasteiger partial charge in [-0.05, 0) is 36.2 Å². The normalized spacial score (nSPS) is 17.0. The molecule has 0 saturated heterocycles. The van der Waals surface area contributed by atoms with Crippen molar-refractivity contribution >= 4 is 52.2 Å². The molecule has 0 radical (unpaired) electrons. The van der Waals surface area contributed by atoms with Crippen LogP contribution in [0.5, 0.6) is 0 Å². The maximum absolute atomic E-state index is 11.2. The maximum Gasteiger partial charge on any atom is 0.323 e. The lowest BCUT2D eigenvalue weighted by Gasteiger charge is -2.35. The van der Waals surface area contributed by atoms with E-state index in [9.17, 15) is 9.90 Å². The summed E-state index contributed by atoms with van der Waals surface area (Å²) in [6.07, 6.45) is 0.717. The Morgan fingerprint density at radius 1 is 1.26 bits per heavy atom. The third-order valence-corrected chi connectivity index (χ3v) is 5.73. The molecule has 0 fully saturated rings. The third kappa shape index (κ3) is 3.68. The minimum atomic E-state index is -0.893. The maximum atomic E-state index is 11.2. The molecular formula is C17H14ClNO2S2. The van der Waals surface area contributed by atoms with Gasteiger partial charge in [0.05, 0.1) is 15.9 Å². The first-order valence-electron chi connectivity index (χ1n) is 7.08. The lowest BCUT2D eigenvalue weighted by atomic mass is 10.1. The van der Waals surface area contributed by atoms with E-state index in [1.807, 2.05) is 48.5 Å². The molecular weight excluding hydrogens is 350 g/mol. The van der Waals surface area contributed by atoms with E-state index in [-0.39, 0.29) is 11.8 Å². The standard InChI is InChI=1S/C17H14ClNO2S2/c18-12-5-3-4-11(8-12)9-15-17(22)19(10-16(20)21)13-6-1-2-7-14(13)23-15/h1-8,15H,9-10H2,(H,20,21). The van der Waals surface area contributed by atoms with E-state index in [1.165, 1.54) is 0 Å². The molecule has 2 aromatic rings. The number of halogens is 1. The first-order chi connectivity index (χ1) is 11.0. The molecule has 23 heavy (non-hydrogen) atoms. The predicted octanol–water partition coefficient (Wildman–Crippen LogP) is 4.28. The second-order valence-corrected chi connectivity index (χ2v) is 7.33. The largest absolute Gasteiger partial charge is 0.480 e. The van der Waals surface area contributed by atoms with Crippen molar-refractivity contribution in [3.05, 3.63) is 59.1 Å². The number of thiocarbonyl (C=S) groups is 1. The Kier molecular flexibility index (Phi) is 4.90. The van der Waals surface area contributed by atoms with Crippen molar-refractivity contribution in [3.63, 3.8) is 0 Å². The molecule has 1 aliphatic rings. The van der Waals surface area contributed by atoms with Crippen molar-refractivity contribution in [2.75, 3.05) is 11.4 Å². The second kappa shape index (κ2) is 6.91. The summed E-state index contributed by atoms with van der Waals surface area (Å²) in [5.41, 5.74) is 1.96. The quantitative estimate of drug-likeness (QED) is 0.821. The van der Waals surface area contributed by atoms with E-state index in [0.717, 1.165) is 16.1 Å². The zero-order chi connectivity index (χ0) is 16.4. The second-order valence-electron chi connectivity index (χ2n) is 5.23. The van der Waals surface area contributed by atoms with Gasteiger partial charge in [0.15, 0.2) is 0 Å². The number of carbonyl (C=O) groups is 1. The average molecular weight is 364 g/mol. The Balaban J connectivity index is 1.91. The number of rotatable bonds is 4. The molecule has 2 aromatic carbocycles. The summed E-state index contributed by atoms with van der Waals surface area (Å²) in [6, 6.07) is 15.4. The number of thioether (sulfide) groups is 1. The third-order valence-electron chi connectivity index (χ3n) is 3.57. The lowest BCUT2D eigenvalue weighted by molar-refractivity contribution is -0.135. The van der Waals surface area contributed by atoms with Crippen LogP contribution in [0.2, 0.25) is 5.02 Å². The van der Waals surface area contributed by atoms with Gasteiger partial charge >= 0.3 is 5.97 Å². The molecule has 0 saturated carbocycles. The van der Waals surface area contributed by atoms with E-state index in [0.29, 0.717) is 16.4 Å². The topological polar surface area (TPSA) is 40.5 Å². The van der Waals surface area contributed by atoms with Crippen molar-refractivity contribution in [1.29, 1.82) is 0 Å². The monoisotopic (exact) mass is 363 g/mol. The van der Waals surface area contributed by atoms with Gasteiger partial charge in [-0.1, -0.05) is 48.1 Å². The molecule has 3 nitrogen and oxygen atoms in total. The van der Waals surface area contributed by atoms with Crippen LogP contribution < -0.4 is 4.90 Å². The first-order valence-corrected chi connectivity index (χ1v) is 8.74. The van der Waals surface area contributed by atoms with Crippen LogP contribution in [-0.2, 0) is 11.2 Å². The summed E-state index contributed by atoms with van der Waals surface area (Å²) in [7, 11) is 0. The highest BCUT2D eigenvalue weighted by Gasteiger charge is 2.31. The number of anilines is 1. The van der Waals surface area contributed by atoms with Crippen LogP contribution in [-0.4, -0.2) is 27.9 Å². The van der Waals surface area contributed by atoms with Gasteiger partial charge in [0.1, 0.15) is 6.54 Å². The first kappa shape index (κ1) is 16.3. The number of aliphatic carboxylic acids is 1. The lowest BCUT2D eigenvalue weighted by Crippen LogP contribution is -2.43. The van der Waals surface area contributed by atoms with E-state index in [4.69, 9.17) is 23.8 Å². The number of benzene rings is 2. The number of para-hydroxylation sites is 1. The van der Waals surface area contributed by atoms with Gasteiger partial charge < -0.3 is 10.0 Å². The number of nitrogens with zero attached hydrogens (tertiary/aromatic N) is 1. The zero-order valence-corrected chi connectivity index (χ0v) is 14.5. The van der Waals surface area contributed by atoms with Gasteiger partial charge in [-0.15, -0.1) is 11.8 Å². The van der Waals surface area contributed by atoms with Crippen LogP contribution >= 0.6 is 35.6 Å². The molecule has 1 unspecified atom stereocenters. The molecule has 118 valence electrons. The fourth-order valence-corrected chi connectivity index (χ4v) is 4.45. The van der Waals surface area contributed by atoms with Crippen LogP contribution in [0.1, 0.15) is 5.56 Å². The zero-order valence-electron chi connectivity index (χ0n) is 12.1. The summed E-state index contributed by atoms with van der Waals surface area (Å²) < 4.78 is 0. The molecule has 0 amide bonds. The fraction of sp³-hybridized carbons (Fsp3) is 0.176. The van der Waals surface area contributed by atoms with Crippen LogP contribution in [0.4, 0.5) is 5.69 Å². The number of hydrogen-bond acceptors (Lipinski definition) is 3. The number of fused-ring (bicyclic) bond motifs is 1. The van der Waals surface area contributed by atoms with E-state index in [2.05, 4.69) is 0 Å². The highest BCUT2D eigenvalue weighted by atomic mass is 35.5. The molecule has 3 rings (SSSR count). The van der Waals surface area contributed by atoms with Crippen LogP contribution in [0.25, 0.3) is 0 Å². The van der Waals surface area contributed by atoms with E-state index in [1.54, 1.807) is 16.7 Å². The molecule has 0 aliphatic carbocycles. The molecule has 1 heterocycles. The van der Waals surface area contributed by atoms with Crippen molar-refractivity contribution in [2.24, 2.45) is 0 Å². The van der Waals surface area contributed by atoms with Gasteiger partial charge in [-0.2, -0.15) is 0 Å². The molecule has 0 bridgehead atoms. The molecule has 0 aromatic heterocycles. The predicted molar refractivity (Wildman–Crippen MR) is 98.8 cm³/mol. The van der Waals surface area contributed by atoms with Crippen molar-refractivity contribution < 1.29 is 9.90 Å². The van der Waals surface area contributed by atoms with Crippen LogP contribution in [0, 0.1) is 0 Å². The van der Waals surface area contributed by atoms with Gasteiger partial charge in [0.25, 0.3) is 0 Å². The Bertz CT molecular complexity index is 766. The average Bonchev–Trinajstić information content (AvgIpc) is 2.51. The minimum absolute atomic E-state index is 0.0118. The van der Waals surface area contributed by atoms with Gasteiger partial charge in [-0.25, -0.2) is 0 Å². The molecule has 0 spiro atoms. The molecule has 1 N–H and O–H groups in total. The van der Waals surface area contributed by atoms with Gasteiger partial charge in [0.2, 0.25) is 0 Å². The Hall–Kier alpha value is -1.56. The van der Waals surface area contributed by atoms with Crippen LogP contribution in [0.15, 0.2) is 53.4 Å². The van der Waals surface area contributed by atoms with Gasteiger partial charge in [-0.3, -0.25) is 4.79 Å². The molecule has 1 atom stereocenters. The van der Waals surface area contributed by atoms with Crippen molar-refractivity contribution in [1.82, 2.24) is 0 Å². The Labute approximate surface area is 149 Å². The number of carboxylic acid groups (broad SMARTS) is 1. The Morgan fingerprint density at radius 3 is 2.78 bits per heavy atom. The summed E-state index contributed by atoms with van der Waals surface area (Å²) in [4.78, 5) is 14.6. The summed E-state index contributed by atoms with van der Waals surface area (Å²) >= 11 is 13.3. The molecule has 1 aliphatic heterocycles. The Morgan fingerprint density at radius 2 is 2.04 bits per heavy atom. The smallest absolute Gasteiger partial charge is 0.323 e. The summed E-state index contributed by atoms with van der Waals surface area (Å²) in [6.45, 7) is -0.123. The van der Waals surface area contributed by atoms with E-state index < -0.39 is 5.97 Å². The van der Waals surface area contributed by atoms with Crippen LogP contribution in [0.3, 0.4) is 0 Å². The SMILES string of the molecule is O=C(O)CN1C(=S)C(Cc2cccc(Cl)c2)Sc2ccccc21. The number of carboxylic acids is 1. The minimum Gasteiger partial charge on any atom is -0.480 e. The molecule has 6 heteroatoms. The van der Waals surface area contributed by atoms with Crippen molar-refractivity contribution in [3.8, 4) is 0 Å². The number of hydrogen-bond donors (Lipinski definition) is 1.